The number of nitro benzene ring substituents is 1. The lowest BCUT2D eigenvalue weighted by atomic mass is 10.0. The number of benzene rings is 2. The summed E-state index contributed by atoms with van der Waals surface area (Å²) in [5, 5.41) is 15.8. The Morgan fingerprint density at radius 1 is 1.19 bits per heavy atom. The Balaban J connectivity index is 1.85. The number of rotatable bonds is 7. The molecule has 1 heterocycles. The maximum atomic E-state index is 12.6. The van der Waals surface area contributed by atoms with Crippen molar-refractivity contribution in [1.82, 2.24) is 0 Å². The second-order valence-electron chi connectivity index (χ2n) is 6.61. The number of nitrogens with zero attached hydrogens (tertiary/aromatic N) is 1. The molecule has 1 aromatic heterocycles. The molecular weight excluding hydrogens is 416 g/mol. The summed E-state index contributed by atoms with van der Waals surface area (Å²) in [5.41, 5.74) is 3.37. The van der Waals surface area contributed by atoms with Gasteiger partial charge in [-0.15, -0.1) is 11.3 Å². The summed E-state index contributed by atoms with van der Waals surface area (Å²) < 4.78 is 5.19. The first-order valence-electron chi connectivity index (χ1n) is 9.48. The van der Waals surface area contributed by atoms with Crippen molar-refractivity contribution in [3.63, 3.8) is 0 Å². The van der Waals surface area contributed by atoms with Crippen LogP contribution in [0.3, 0.4) is 0 Å². The normalized spacial score (nSPS) is 10.8. The van der Waals surface area contributed by atoms with Crippen LogP contribution in [0.15, 0.2) is 60.0 Å². The van der Waals surface area contributed by atoms with Gasteiger partial charge in [0.25, 0.3) is 5.69 Å². The molecule has 0 atom stereocenters. The lowest BCUT2D eigenvalue weighted by Gasteiger charge is -2.08. The topological polar surface area (TPSA) is 98.5 Å². The number of carbonyl (C=O) groups is 2. The highest BCUT2D eigenvalue weighted by atomic mass is 32.1. The molecule has 8 heteroatoms. The molecule has 3 rings (SSSR count). The fourth-order valence-corrected chi connectivity index (χ4v) is 3.83. The van der Waals surface area contributed by atoms with Gasteiger partial charge in [0.1, 0.15) is 10.6 Å². The van der Waals surface area contributed by atoms with E-state index in [-0.39, 0.29) is 12.3 Å². The highest BCUT2D eigenvalue weighted by Crippen LogP contribution is 2.36. The van der Waals surface area contributed by atoms with Gasteiger partial charge in [-0.3, -0.25) is 14.9 Å². The predicted octanol–water partition coefficient (Wildman–Crippen LogP) is 5.46. The standard InChI is InChI=1S/C23H20N2O5S/c1-3-30-23(27)21-19(17-10-7-15(2)8-11-17)14-31-22(21)24-20(26)12-9-16-5-4-6-18(13-16)25(28)29/h4-14H,3H2,1-2H3,(H,24,26)/b12-9+. The van der Waals surface area contributed by atoms with Crippen LogP contribution in [0.1, 0.15) is 28.4 Å². The smallest absolute Gasteiger partial charge is 0.341 e. The van der Waals surface area contributed by atoms with E-state index in [1.54, 1.807) is 24.4 Å². The molecule has 0 spiro atoms. The molecule has 0 radical (unpaired) electrons. The molecule has 0 aliphatic heterocycles. The van der Waals surface area contributed by atoms with Crippen molar-refractivity contribution in [2.45, 2.75) is 13.8 Å². The Bertz CT molecular complexity index is 1150. The minimum absolute atomic E-state index is 0.0619. The number of thiophene rings is 1. The van der Waals surface area contributed by atoms with E-state index >= 15 is 0 Å². The average Bonchev–Trinajstić information content (AvgIpc) is 3.16. The summed E-state index contributed by atoms with van der Waals surface area (Å²) in [4.78, 5) is 35.4. The van der Waals surface area contributed by atoms with Gasteiger partial charge in [0.2, 0.25) is 5.91 Å². The van der Waals surface area contributed by atoms with Gasteiger partial charge in [-0.25, -0.2) is 4.79 Å². The molecule has 1 N–H and O–H groups in total. The molecule has 7 nitrogen and oxygen atoms in total. The number of non-ortho nitro benzene ring substituents is 1. The second kappa shape index (κ2) is 9.82. The van der Waals surface area contributed by atoms with Crippen molar-refractivity contribution in [3.8, 4) is 11.1 Å². The molecule has 0 saturated carbocycles. The van der Waals surface area contributed by atoms with Gasteiger partial charge in [0.15, 0.2) is 0 Å². The number of nitrogens with one attached hydrogen (secondary N) is 1. The molecule has 2 aromatic carbocycles. The first-order valence-corrected chi connectivity index (χ1v) is 10.4. The van der Waals surface area contributed by atoms with Crippen LogP contribution in [0.25, 0.3) is 17.2 Å². The molecular formula is C23H20N2O5S. The van der Waals surface area contributed by atoms with E-state index in [1.165, 1.54) is 35.6 Å². The zero-order valence-corrected chi connectivity index (χ0v) is 17.8. The van der Waals surface area contributed by atoms with Crippen molar-refractivity contribution in [2.75, 3.05) is 11.9 Å². The summed E-state index contributed by atoms with van der Waals surface area (Å²) in [6.07, 6.45) is 2.74. The second-order valence-corrected chi connectivity index (χ2v) is 7.49. The summed E-state index contributed by atoms with van der Waals surface area (Å²) in [6.45, 7) is 3.90. The summed E-state index contributed by atoms with van der Waals surface area (Å²) in [5.74, 6) is -0.980. The SMILES string of the molecule is CCOC(=O)c1c(-c2ccc(C)cc2)csc1NC(=O)/C=C/c1cccc([N+](=O)[O-])c1. The van der Waals surface area contributed by atoms with Crippen molar-refractivity contribution in [3.05, 3.63) is 86.8 Å². The molecule has 0 unspecified atom stereocenters. The van der Waals surface area contributed by atoms with Crippen LogP contribution in [0.2, 0.25) is 0 Å². The van der Waals surface area contributed by atoms with E-state index in [1.807, 2.05) is 31.2 Å². The monoisotopic (exact) mass is 436 g/mol. The Labute approximate surface area is 183 Å². The maximum Gasteiger partial charge on any atom is 0.341 e. The summed E-state index contributed by atoms with van der Waals surface area (Å²) in [6, 6.07) is 13.7. The number of carbonyl (C=O) groups excluding carboxylic acids is 2. The van der Waals surface area contributed by atoms with E-state index in [2.05, 4.69) is 5.32 Å². The van der Waals surface area contributed by atoms with Crippen LogP contribution in [-0.4, -0.2) is 23.4 Å². The molecule has 0 fully saturated rings. The molecule has 1 amide bonds. The third-order valence-electron chi connectivity index (χ3n) is 4.38. The fourth-order valence-electron chi connectivity index (χ4n) is 2.87. The van der Waals surface area contributed by atoms with E-state index in [0.29, 0.717) is 21.7 Å². The molecule has 0 bridgehead atoms. The Hall–Kier alpha value is -3.78. The number of esters is 1. The quantitative estimate of drug-likeness (QED) is 0.229. The molecule has 158 valence electrons. The predicted molar refractivity (Wildman–Crippen MR) is 121 cm³/mol. The van der Waals surface area contributed by atoms with Crippen LogP contribution in [0, 0.1) is 17.0 Å². The fraction of sp³-hybridized carbons (Fsp3) is 0.130. The van der Waals surface area contributed by atoms with Gasteiger partial charge < -0.3 is 10.1 Å². The number of aryl methyl sites for hydroxylation is 1. The van der Waals surface area contributed by atoms with Crippen molar-refractivity contribution in [1.29, 1.82) is 0 Å². The Kier molecular flexibility index (Phi) is 6.94. The van der Waals surface area contributed by atoms with E-state index in [0.717, 1.165) is 11.1 Å². The van der Waals surface area contributed by atoms with E-state index in [4.69, 9.17) is 4.74 Å². The largest absolute Gasteiger partial charge is 0.462 e. The van der Waals surface area contributed by atoms with Gasteiger partial charge in [-0.1, -0.05) is 42.0 Å². The number of anilines is 1. The highest BCUT2D eigenvalue weighted by molar-refractivity contribution is 7.15. The summed E-state index contributed by atoms with van der Waals surface area (Å²) in [7, 11) is 0. The molecule has 3 aromatic rings. The van der Waals surface area contributed by atoms with Crippen LogP contribution in [-0.2, 0) is 9.53 Å². The van der Waals surface area contributed by atoms with Crippen molar-refractivity contribution in [2.24, 2.45) is 0 Å². The summed E-state index contributed by atoms with van der Waals surface area (Å²) >= 11 is 1.23. The average molecular weight is 436 g/mol. The van der Waals surface area contributed by atoms with Gasteiger partial charge in [-0.05, 0) is 31.1 Å². The van der Waals surface area contributed by atoms with Gasteiger partial charge in [-0.2, -0.15) is 0 Å². The van der Waals surface area contributed by atoms with Gasteiger partial charge in [0.05, 0.1) is 11.5 Å². The third-order valence-corrected chi connectivity index (χ3v) is 5.27. The number of amides is 1. The third kappa shape index (κ3) is 5.43. The van der Waals surface area contributed by atoms with Gasteiger partial charge >= 0.3 is 5.97 Å². The maximum absolute atomic E-state index is 12.6. The zero-order chi connectivity index (χ0) is 22.4. The molecule has 0 aliphatic carbocycles. The number of ether oxygens (including phenoxy) is 1. The highest BCUT2D eigenvalue weighted by Gasteiger charge is 2.22. The Morgan fingerprint density at radius 3 is 2.61 bits per heavy atom. The van der Waals surface area contributed by atoms with E-state index < -0.39 is 16.8 Å². The van der Waals surface area contributed by atoms with E-state index in [9.17, 15) is 19.7 Å². The minimum atomic E-state index is -0.516. The van der Waals surface area contributed by atoms with Crippen LogP contribution >= 0.6 is 11.3 Å². The number of nitro groups is 1. The molecule has 0 aliphatic rings. The van der Waals surface area contributed by atoms with Crippen molar-refractivity contribution >= 4 is 40.0 Å². The van der Waals surface area contributed by atoms with Crippen LogP contribution in [0.5, 0.6) is 0 Å². The molecule has 31 heavy (non-hydrogen) atoms. The zero-order valence-electron chi connectivity index (χ0n) is 17.0. The lowest BCUT2D eigenvalue weighted by molar-refractivity contribution is -0.384. The van der Waals surface area contributed by atoms with Gasteiger partial charge in [0, 0.05) is 29.2 Å². The Morgan fingerprint density at radius 2 is 1.94 bits per heavy atom. The van der Waals surface area contributed by atoms with Crippen molar-refractivity contribution < 1.29 is 19.2 Å². The van der Waals surface area contributed by atoms with Crippen LogP contribution < -0.4 is 5.32 Å². The lowest BCUT2D eigenvalue weighted by Crippen LogP contribution is -2.12. The minimum Gasteiger partial charge on any atom is -0.462 e. The number of hydrogen-bond donors (Lipinski definition) is 1. The van der Waals surface area contributed by atoms with Crippen LogP contribution in [0.4, 0.5) is 10.7 Å². The number of hydrogen-bond acceptors (Lipinski definition) is 6. The first kappa shape index (κ1) is 21.9. The molecule has 0 saturated heterocycles. The first-order chi connectivity index (χ1) is 14.9.